The van der Waals surface area contributed by atoms with Crippen molar-refractivity contribution in [1.29, 1.82) is 0 Å². The second-order valence-electron chi connectivity index (χ2n) is 6.07. The van der Waals surface area contributed by atoms with Crippen molar-refractivity contribution in [3.05, 3.63) is 24.0 Å². The first-order chi connectivity index (χ1) is 10.2. The topological polar surface area (TPSA) is 46.1 Å². The smallest absolute Gasteiger partial charge is 0.240 e. The van der Waals surface area contributed by atoms with Gasteiger partial charge in [-0.15, -0.1) is 0 Å². The Balaban J connectivity index is 1.91. The minimum Gasteiger partial charge on any atom is -0.352 e. The minimum absolute atomic E-state index is 0.109. The number of carbonyl (C=O) groups excluding carboxylic acids is 1. The SMILES string of the molecule is CCNC(c1ccn(CC(=O)NC(CC)CC)c1)C1CC1. The average Bonchev–Trinajstić information content (AvgIpc) is 3.22. The Hall–Kier alpha value is -1.29. The van der Waals surface area contributed by atoms with Gasteiger partial charge in [0.2, 0.25) is 5.91 Å². The standard InChI is InChI=1S/C17H29N3O/c1-4-15(5-2)19-16(21)12-20-10-9-14(11-20)17(18-6-3)13-7-8-13/h9-11,13,15,17-18H,4-8,12H2,1-3H3,(H,19,21). The molecule has 1 fully saturated rings. The van der Waals surface area contributed by atoms with Crippen molar-refractivity contribution in [2.45, 2.75) is 65.1 Å². The maximum Gasteiger partial charge on any atom is 0.240 e. The molecule has 1 atom stereocenters. The van der Waals surface area contributed by atoms with Gasteiger partial charge in [0.1, 0.15) is 6.54 Å². The van der Waals surface area contributed by atoms with Gasteiger partial charge in [-0.1, -0.05) is 20.8 Å². The monoisotopic (exact) mass is 291 g/mol. The molecule has 1 aromatic heterocycles. The number of hydrogen-bond donors (Lipinski definition) is 2. The van der Waals surface area contributed by atoms with Crippen molar-refractivity contribution in [3.63, 3.8) is 0 Å². The zero-order chi connectivity index (χ0) is 15.2. The second-order valence-corrected chi connectivity index (χ2v) is 6.07. The molecule has 0 aliphatic heterocycles. The molecule has 0 bridgehead atoms. The molecule has 2 rings (SSSR count). The third-order valence-corrected chi connectivity index (χ3v) is 4.33. The van der Waals surface area contributed by atoms with E-state index in [0.717, 1.165) is 25.3 Å². The van der Waals surface area contributed by atoms with Crippen LogP contribution in [0.3, 0.4) is 0 Å². The average molecular weight is 291 g/mol. The first-order valence-corrected chi connectivity index (χ1v) is 8.36. The molecule has 1 saturated carbocycles. The van der Waals surface area contributed by atoms with E-state index in [9.17, 15) is 4.79 Å². The van der Waals surface area contributed by atoms with Crippen LogP contribution in [0.4, 0.5) is 0 Å². The van der Waals surface area contributed by atoms with Gasteiger partial charge in [0.25, 0.3) is 0 Å². The fourth-order valence-corrected chi connectivity index (χ4v) is 2.88. The fraction of sp³-hybridized carbons (Fsp3) is 0.706. The van der Waals surface area contributed by atoms with E-state index in [-0.39, 0.29) is 5.91 Å². The van der Waals surface area contributed by atoms with Gasteiger partial charge in [0.05, 0.1) is 0 Å². The van der Waals surface area contributed by atoms with Crippen molar-refractivity contribution in [3.8, 4) is 0 Å². The molecule has 4 heteroatoms. The molecule has 1 aliphatic rings. The summed E-state index contributed by atoms with van der Waals surface area (Å²) in [5, 5.41) is 6.65. The number of carbonyl (C=O) groups is 1. The van der Waals surface area contributed by atoms with Gasteiger partial charge in [-0.2, -0.15) is 0 Å². The molecule has 118 valence electrons. The van der Waals surface area contributed by atoms with Crippen LogP contribution in [-0.2, 0) is 11.3 Å². The first-order valence-electron chi connectivity index (χ1n) is 8.36. The molecule has 0 spiro atoms. The highest BCUT2D eigenvalue weighted by molar-refractivity contribution is 5.76. The van der Waals surface area contributed by atoms with E-state index in [1.165, 1.54) is 18.4 Å². The molecule has 1 heterocycles. The van der Waals surface area contributed by atoms with Gasteiger partial charge >= 0.3 is 0 Å². The van der Waals surface area contributed by atoms with E-state index in [2.05, 4.69) is 43.7 Å². The van der Waals surface area contributed by atoms with Gasteiger partial charge < -0.3 is 15.2 Å². The molecule has 1 aliphatic carbocycles. The molecule has 2 N–H and O–H groups in total. The van der Waals surface area contributed by atoms with E-state index in [1.54, 1.807) is 0 Å². The van der Waals surface area contributed by atoms with Crippen molar-refractivity contribution in [2.24, 2.45) is 5.92 Å². The van der Waals surface area contributed by atoms with Crippen LogP contribution in [0.1, 0.15) is 58.1 Å². The maximum atomic E-state index is 12.0. The third-order valence-electron chi connectivity index (χ3n) is 4.33. The Labute approximate surface area is 128 Å². The van der Waals surface area contributed by atoms with Crippen molar-refractivity contribution < 1.29 is 4.79 Å². The van der Waals surface area contributed by atoms with Crippen LogP contribution in [-0.4, -0.2) is 23.1 Å². The Morgan fingerprint density at radius 3 is 2.62 bits per heavy atom. The summed E-state index contributed by atoms with van der Waals surface area (Å²) < 4.78 is 2.00. The lowest BCUT2D eigenvalue weighted by atomic mass is 10.1. The molecule has 0 saturated heterocycles. The summed E-state index contributed by atoms with van der Waals surface area (Å²) in [7, 11) is 0. The first kappa shape index (κ1) is 16.1. The summed E-state index contributed by atoms with van der Waals surface area (Å²) in [5.74, 6) is 0.886. The van der Waals surface area contributed by atoms with Gasteiger partial charge in [0, 0.05) is 24.5 Å². The molecule has 1 unspecified atom stereocenters. The highest BCUT2D eigenvalue weighted by Crippen LogP contribution is 2.40. The number of amides is 1. The molecule has 4 nitrogen and oxygen atoms in total. The predicted molar refractivity (Wildman–Crippen MR) is 86.1 cm³/mol. The maximum absolute atomic E-state index is 12.0. The van der Waals surface area contributed by atoms with E-state index in [1.807, 2.05) is 10.8 Å². The van der Waals surface area contributed by atoms with E-state index in [4.69, 9.17) is 0 Å². The minimum atomic E-state index is 0.109. The molecule has 0 radical (unpaired) electrons. The number of nitrogens with one attached hydrogen (secondary N) is 2. The Morgan fingerprint density at radius 1 is 1.33 bits per heavy atom. The van der Waals surface area contributed by atoms with Crippen LogP contribution < -0.4 is 10.6 Å². The number of rotatable bonds is 9. The summed E-state index contributed by atoms with van der Waals surface area (Å²) in [6.45, 7) is 7.77. The van der Waals surface area contributed by atoms with Gasteiger partial charge in [0.15, 0.2) is 0 Å². The summed E-state index contributed by atoms with van der Waals surface area (Å²) in [4.78, 5) is 12.0. The van der Waals surface area contributed by atoms with Crippen molar-refractivity contribution >= 4 is 5.91 Å². The van der Waals surface area contributed by atoms with Gasteiger partial charge in [-0.3, -0.25) is 4.79 Å². The zero-order valence-electron chi connectivity index (χ0n) is 13.6. The lowest BCUT2D eigenvalue weighted by Crippen LogP contribution is -2.36. The van der Waals surface area contributed by atoms with E-state index < -0.39 is 0 Å². The van der Waals surface area contributed by atoms with Crippen molar-refractivity contribution in [1.82, 2.24) is 15.2 Å². The molecule has 1 aromatic rings. The molecular formula is C17H29N3O. The van der Waals surface area contributed by atoms with Crippen LogP contribution in [0.25, 0.3) is 0 Å². The summed E-state index contributed by atoms with van der Waals surface area (Å²) in [5.41, 5.74) is 1.31. The normalized spacial score (nSPS) is 16.2. The molecular weight excluding hydrogens is 262 g/mol. The number of hydrogen-bond acceptors (Lipinski definition) is 2. The largest absolute Gasteiger partial charge is 0.352 e. The zero-order valence-corrected chi connectivity index (χ0v) is 13.6. The predicted octanol–water partition coefficient (Wildman–Crippen LogP) is 2.85. The summed E-state index contributed by atoms with van der Waals surface area (Å²) >= 11 is 0. The highest BCUT2D eigenvalue weighted by atomic mass is 16.2. The highest BCUT2D eigenvalue weighted by Gasteiger charge is 2.32. The van der Waals surface area contributed by atoms with E-state index in [0.29, 0.717) is 18.6 Å². The fourth-order valence-electron chi connectivity index (χ4n) is 2.88. The van der Waals surface area contributed by atoms with Crippen LogP contribution in [0.15, 0.2) is 18.5 Å². The molecule has 1 amide bonds. The molecule has 0 aromatic carbocycles. The van der Waals surface area contributed by atoms with Gasteiger partial charge in [-0.05, 0) is 49.8 Å². The summed E-state index contributed by atoms with van der Waals surface area (Å²) in [6, 6.07) is 2.91. The van der Waals surface area contributed by atoms with Crippen LogP contribution in [0.5, 0.6) is 0 Å². The Bertz CT molecular complexity index is 447. The van der Waals surface area contributed by atoms with Crippen LogP contribution >= 0.6 is 0 Å². The lowest BCUT2D eigenvalue weighted by molar-refractivity contribution is -0.122. The third kappa shape index (κ3) is 4.60. The Kier molecular flexibility index (Phi) is 5.85. The molecule has 21 heavy (non-hydrogen) atoms. The van der Waals surface area contributed by atoms with Crippen LogP contribution in [0, 0.1) is 5.92 Å². The number of aromatic nitrogens is 1. The quantitative estimate of drug-likeness (QED) is 0.735. The second kappa shape index (κ2) is 7.64. The van der Waals surface area contributed by atoms with E-state index >= 15 is 0 Å². The number of nitrogens with zero attached hydrogens (tertiary/aromatic N) is 1. The van der Waals surface area contributed by atoms with Gasteiger partial charge in [-0.25, -0.2) is 0 Å². The summed E-state index contributed by atoms with van der Waals surface area (Å²) in [6.07, 6.45) is 8.76. The lowest BCUT2D eigenvalue weighted by Gasteiger charge is -2.16. The van der Waals surface area contributed by atoms with Crippen LogP contribution in [0.2, 0.25) is 0 Å². The van der Waals surface area contributed by atoms with Crippen molar-refractivity contribution in [2.75, 3.05) is 6.54 Å². The Morgan fingerprint density at radius 2 is 2.05 bits per heavy atom.